The van der Waals surface area contributed by atoms with E-state index in [-0.39, 0.29) is 6.61 Å². The van der Waals surface area contributed by atoms with Crippen LogP contribution in [0.15, 0.2) is 28.9 Å². The summed E-state index contributed by atoms with van der Waals surface area (Å²) in [4.78, 5) is 5.58. The van der Waals surface area contributed by atoms with Crippen LogP contribution in [0, 0.1) is 6.92 Å². The number of nitrogens with zero attached hydrogens (tertiary/aromatic N) is 1. The molecule has 16 heavy (non-hydrogen) atoms. The van der Waals surface area contributed by atoms with Crippen molar-refractivity contribution in [3.05, 3.63) is 39.3 Å². The van der Waals surface area contributed by atoms with Gasteiger partial charge in [0.05, 0.1) is 0 Å². The van der Waals surface area contributed by atoms with Crippen molar-refractivity contribution in [2.75, 3.05) is 6.61 Å². The highest BCUT2D eigenvalue weighted by atomic mass is 79.9. The van der Waals surface area contributed by atoms with E-state index >= 15 is 0 Å². The average Bonchev–Trinajstić information content (AvgIpc) is 2.61. The number of aromatic nitrogens is 1. The van der Waals surface area contributed by atoms with Crippen molar-refractivity contribution in [3.63, 3.8) is 0 Å². The molecule has 2 rings (SSSR count). The summed E-state index contributed by atoms with van der Waals surface area (Å²) in [6.07, 6.45) is 0.657. The Morgan fingerprint density at radius 1 is 1.38 bits per heavy atom. The Hall–Kier alpha value is -0.710. The zero-order chi connectivity index (χ0) is 11.5. The number of hydrogen-bond acceptors (Lipinski definition) is 3. The molecular weight excluding hydrogens is 286 g/mol. The van der Waals surface area contributed by atoms with Gasteiger partial charge in [-0.25, -0.2) is 4.98 Å². The van der Waals surface area contributed by atoms with Gasteiger partial charge in [-0.3, -0.25) is 0 Å². The molecule has 2 nitrogen and oxygen atoms in total. The van der Waals surface area contributed by atoms with Crippen molar-refractivity contribution < 1.29 is 5.11 Å². The quantitative estimate of drug-likeness (QED) is 0.942. The molecule has 84 valence electrons. The molecule has 0 aliphatic heterocycles. The third-order valence-electron chi connectivity index (χ3n) is 2.36. The molecule has 0 saturated carbocycles. The zero-order valence-corrected chi connectivity index (χ0v) is 11.3. The molecule has 2 aromatic rings. The number of halogens is 1. The topological polar surface area (TPSA) is 33.1 Å². The maximum atomic E-state index is 8.94. The Labute approximate surface area is 107 Å². The van der Waals surface area contributed by atoms with Crippen LogP contribution in [0.2, 0.25) is 0 Å². The standard InChI is InChI=1S/C12H12BrNOS/c1-8-4-2-3-5-9(8)12-14-11(13)10(16-12)6-7-15/h2-5,15H,6-7H2,1H3. The third kappa shape index (κ3) is 2.34. The molecule has 0 aliphatic rings. The summed E-state index contributed by atoms with van der Waals surface area (Å²) in [7, 11) is 0. The fourth-order valence-corrected chi connectivity index (χ4v) is 3.29. The molecule has 0 saturated heterocycles. The lowest BCUT2D eigenvalue weighted by molar-refractivity contribution is 0.300. The Kier molecular flexibility index (Phi) is 3.74. The molecule has 0 atom stereocenters. The number of aliphatic hydroxyl groups excluding tert-OH is 1. The fourth-order valence-electron chi connectivity index (χ4n) is 1.52. The van der Waals surface area contributed by atoms with Crippen molar-refractivity contribution in [1.29, 1.82) is 0 Å². The predicted molar refractivity (Wildman–Crippen MR) is 70.8 cm³/mol. The molecule has 0 aliphatic carbocycles. The van der Waals surface area contributed by atoms with Gasteiger partial charge in [0.2, 0.25) is 0 Å². The van der Waals surface area contributed by atoms with Gasteiger partial charge in [-0.15, -0.1) is 11.3 Å². The Morgan fingerprint density at radius 3 is 2.81 bits per heavy atom. The summed E-state index contributed by atoms with van der Waals surface area (Å²) in [6.45, 7) is 2.24. The predicted octanol–water partition coefficient (Wildman–Crippen LogP) is 3.42. The lowest BCUT2D eigenvalue weighted by Crippen LogP contribution is -1.86. The molecule has 1 aromatic carbocycles. The molecule has 0 bridgehead atoms. The molecule has 0 spiro atoms. The van der Waals surface area contributed by atoms with Crippen molar-refractivity contribution in [2.45, 2.75) is 13.3 Å². The van der Waals surface area contributed by atoms with Crippen molar-refractivity contribution >= 4 is 27.3 Å². The molecule has 0 radical (unpaired) electrons. The van der Waals surface area contributed by atoms with Gasteiger partial charge in [-0.05, 0) is 28.4 Å². The highest BCUT2D eigenvalue weighted by Crippen LogP contribution is 2.32. The lowest BCUT2D eigenvalue weighted by atomic mass is 10.1. The highest BCUT2D eigenvalue weighted by molar-refractivity contribution is 9.10. The monoisotopic (exact) mass is 297 g/mol. The number of rotatable bonds is 3. The van der Waals surface area contributed by atoms with E-state index in [2.05, 4.69) is 40.0 Å². The number of hydrogen-bond donors (Lipinski definition) is 1. The normalized spacial score (nSPS) is 10.7. The van der Waals surface area contributed by atoms with Crippen LogP contribution in [-0.4, -0.2) is 16.7 Å². The molecule has 0 fully saturated rings. The van der Waals surface area contributed by atoms with E-state index in [0.717, 1.165) is 20.1 Å². The van der Waals surface area contributed by atoms with Gasteiger partial charge >= 0.3 is 0 Å². The molecule has 1 N–H and O–H groups in total. The van der Waals surface area contributed by atoms with Gasteiger partial charge in [0, 0.05) is 23.5 Å². The third-order valence-corrected chi connectivity index (χ3v) is 4.43. The summed E-state index contributed by atoms with van der Waals surface area (Å²) >= 11 is 5.06. The largest absolute Gasteiger partial charge is 0.396 e. The van der Waals surface area contributed by atoms with Gasteiger partial charge in [0.1, 0.15) is 9.61 Å². The second kappa shape index (κ2) is 5.08. The van der Waals surface area contributed by atoms with E-state index in [1.807, 2.05) is 12.1 Å². The van der Waals surface area contributed by atoms with Gasteiger partial charge < -0.3 is 5.11 Å². The number of aryl methyl sites for hydroxylation is 1. The Bertz CT molecular complexity index is 496. The first-order valence-corrected chi connectivity index (χ1v) is 6.65. The number of aliphatic hydroxyl groups is 1. The summed E-state index contributed by atoms with van der Waals surface area (Å²) in [6, 6.07) is 8.19. The second-order valence-electron chi connectivity index (χ2n) is 3.52. The van der Waals surface area contributed by atoms with Crippen LogP contribution in [0.5, 0.6) is 0 Å². The summed E-state index contributed by atoms with van der Waals surface area (Å²) in [5.74, 6) is 0. The first-order chi connectivity index (χ1) is 7.72. The zero-order valence-electron chi connectivity index (χ0n) is 8.90. The van der Waals surface area contributed by atoms with E-state index < -0.39 is 0 Å². The highest BCUT2D eigenvalue weighted by Gasteiger charge is 2.11. The average molecular weight is 298 g/mol. The molecular formula is C12H12BrNOS. The second-order valence-corrected chi connectivity index (χ2v) is 5.36. The molecule has 0 amide bonds. The van der Waals surface area contributed by atoms with E-state index in [1.54, 1.807) is 11.3 Å². The first kappa shape index (κ1) is 11.8. The minimum Gasteiger partial charge on any atom is -0.396 e. The lowest BCUT2D eigenvalue weighted by Gasteiger charge is -1.99. The van der Waals surface area contributed by atoms with E-state index in [9.17, 15) is 0 Å². The van der Waals surface area contributed by atoms with Crippen LogP contribution in [0.1, 0.15) is 10.4 Å². The van der Waals surface area contributed by atoms with Crippen LogP contribution < -0.4 is 0 Å². The van der Waals surface area contributed by atoms with Crippen LogP contribution in [0.3, 0.4) is 0 Å². The number of thiazole rings is 1. The number of benzene rings is 1. The smallest absolute Gasteiger partial charge is 0.125 e. The molecule has 0 unspecified atom stereocenters. The molecule has 1 aromatic heterocycles. The van der Waals surface area contributed by atoms with E-state index in [0.29, 0.717) is 6.42 Å². The van der Waals surface area contributed by atoms with Crippen LogP contribution in [0.25, 0.3) is 10.6 Å². The molecule has 1 heterocycles. The van der Waals surface area contributed by atoms with Crippen molar-refractivity contribution in [1.82, 2.24) is 4.98 Å². The Balaban J connectivity index is 2.42. The van der Waals surface area contributed by atoms with Crippen molar-refractivity contribution in [2.24, 2.45) is 0 Å². The molecule has 4 heteroatoms. The SMILES string of the molecule is Cc1ccccc1-c1nc(Br)c(CCO)s1. The van der Waals surface area contributed by atoms with Crippen LogP contribution in [0.4, 0.5) is 0 Å². The minimum absolute atomic E-state index is 0.161. The first-order valence-electron chi connectivity index (χ1n) is 5.04. The Morgan fingerprint density at radius 2 is 2.12 bits per heavy atom. The summed E-state index contributed by atoms with van der Waals surface area (Å²) in [5.41, 5.74) is 2.39. The van der Waals surface area contributed by atoms with Crippen LogP contribution in [-0.2, 0) is 6.42 Å². The van der Waals surface area contributed by atoms with Gasteiger partial charge in [-0.1, -0.05) is 24.3 Å². The minimum atomic E-state index is 0.161. The maximum absolute atomic E-state index is 8.94. The van der Waals surface area contributed by atoms with Gasteiger partial charge in [0.25, 0.3) is 0 Å². The fraction of sp³-hybridized carbons (Fsp3) is 0.250. The maximum Gasteiger partial charge on any atom is 0.125 e. The van der Waals surface area contributed by atoms with Gasteiger partial charge in [-0.2, -0.15) is 0 Å². The van der Waals surface area contributed by atoms with Crippen molar-refractivity contribution in [3.8, 4) is 10.6 Å². The van der Waals surface area contributed by atoms with Gasteiger partial charge in [0.15, 0.2) is 0 Å². The summed E-state index contributed by atoms with van der Waals surface area (Å²) in [5, 5.41) is 9.94. The summed E-state index contributed by atoms with van der Waals surface area (Å²) < 4.78 is 0.852. The van der Waals surface area contributed by atoms with E-state index in [1.165, 1.54) is 5.56 Å². The van der Waals surface area contributed by atoms with Crippen LogP contribution >= 0.6 is 27.3 Å². The van der Waals surface area contributed by atoms with E-state index in [4.69, 9.17) is 5.11 Å².